The molecule has 2 aliphatic heterocycles. The molecule has 6 heterocycles. The summed E-state index contributed by atoms with van der Waals surface area (Å²) in [7, 11) is 0. The zero-order valence-electron chi connectivity index (χ0n) is 40.4. The molecule has 3 aromatic carbocycles. The molecule has 1 saturated carbocycles. The highest BCUT2D eigenvalue weighted by Crippen LogP contribution is 2.40. The van der Waals surface area contributed by atoms with Crippen LogP contribution in [0.25, 0.3) is 21.8 Å². The molecule has 4 atom stereocenters. The third-order valence-corrected chi connectivity index (χ3v) is 15.3. The molecule has 18 heteroatoms. The number of nitrogens with zero attached hydrogens (tertiary/aromatic N) is 9. The predicted molar refractivity (Wildman–Crippen MR) is 271 cm³/mol. The lowest BCUT2D eigenvalue weighted by atomic mass is 9.89. The number of fused-ring (bicyclic) bond motifs is 3. The highest BCUT2D eigenvalue weighted by molar-refractivity contribution is 7.15. The zero-order valence-corrected chi connectivity index (χ0v) is 42.0. The molecule has 4 aromatic heterocycles. The van der Waals surface area contributed by atoms with Crippen molar-refractivity contribution in [1.82, 2.24) is 49.6 Å². The van der Waals surface area contributed by atoms with E-state index >= 15 is 0 Å². The van der Waals surface area contributed by atoms with Gasteiger partial charge in [-0.25, -0.2) is 4.98 Å². The minimum Gasteiger partial charge on any atom is -0.490 e. The molecule has 7 aromatic rings. The van der Waals surface area contributed by atoms with Gasteiger partial charge in [-0.2, -0.15) is 5.10 Å². The Morgan fingerprint density at radius 1 is 0.930 bits per heavy atom. The van der Waals surface area contributed by atoms with Crippen LogP contribution in [0.3, 0.4) is 0 Å². The van der Waals surface area contributed by atoms with Gasteiger partial charge in [0.1, 0.15) is 46.6 Å². The lowest BCUT2D eigenvalue weighted by molar-refractivity contribution is -0.142. The van der Waals surface area contributed by atoms with E-state index in [-0.39, 0.29) is 61.7 Å². The number of ether oxygens (including phenoxy) is 1. The Morgan fingerprint density at radius 2 is 1.70 bits per heavy atom. The molecule has 0 unspecified atom stereocenters. The molecule has 0 bridgehead atoms. The molecule has 10 rings (SSSR count). The molecule has 3 N–H and O–H groups in total. The fourth-order valence-corrected chi connectivity index (χ4v) is 11.2. The minimum atomic E-state index is -0.827. The van der Waals surface area contributed by atoms with Gasteiger partial charge in [-0.1, -0.05) is 61.8 Å². The molecule has 16 nitrogen and oxygen atoms in total. The van der Waals surface area contributed by atoms with Crippen molar-refractivity contribution < 1.29 is 24.2 Å². The predicted octanol–water partition coefficient (Wildman–Crippen LogP) is 7.75. The number of carbonyl (C=O) groups is 3. The molecule has 3 aliphatic rings. The van der Waals surface area contributed by atoms with Gasteiger partial charge in [0.25, 0.3) is 0 Å². The van der Waals surface area contributed by atoms with Crippen LogP contribution in [0.15, 0.2) is 103 Å². The maximum Gasteiger partial charge on any atom is 0.248 e. The van der Waals surface area contributed by atoms with Gasteiger partial charge >= 0.3 is 0 Å². The average Bonchev–Trinajstić information content (AvgIpc) is 4.19. The number of imidazole rings is 1. The first kappa shape index (κ1) is 47.7. The van der Waals surface area contributed by atoms with Crippen LogP contribution in [-0.2, 0) is 20.9 Å². The second-order valence-corrected chi connectivity index (χ2v) is 20.8. The number of aryl methyl sites for hydroxylation is 3. The zero-order chi connectivity index (χ0) is 49.7. The monoisotopic (exact) mass is 993 g/mol. The Bertz CT molecular complexity index is 3150. The van der Waals surface area contributed by atoms with Crippen LogP contribution in [0.2, 0.25) is 5.02 Å². The number of halogens is 1. The summed E-state index contributed by atoms with van der Waals surface area (Å²) >= 11 is 7.96. The summed E-state index contributed by atoms with van der Waals surface area (Å²) in [5.41, 5.74) is 7.39. The van der Waals surface area contributed by atoms with Gasteiger partial charge in [0.05, 0.1) is 24.4 Å². The van der Waals surface area contributed by atoms with Crippen LogP contribution >= 0.6 is 22.9 Å². The largest absolute Gasteiger partial charge is 0.490 e. The second kappa shape index (κ2) is 19.7. The number of aliphatic hydroxyl groups excluding tert-OH is 1. The van der Waals surface area contributed by atoms with E-state index in [4.69, 9.17) is 21.3 Å². The number of amides is 3. The Kier molecular flexibility index (Phi) is 13.2. The maximum atomic E-state index is 14.4. The fraction of sp³-hybridized carbons (Fsp3) is 0.358. The molecular formula is C53H56ClN11O5S. The first-order valence-electron chi connectivity index (χ1n) is 24.0. The van der Waals surface area contributed by atoms with Crippen molar-refractivity contribution in [3.05, 3.63) is 147 Å². The first-order chi connectivity index (χ1) is 34.2. The van der Waals surface area contributed by atoms with Crippen LogP contribution in [0, 0.1) is 33.6 Å². The summed E-state index contributed by atoms with van der Waals surface area (Å²) in [5, 5.41) is 32.2. The van der Waals surface area contributed by atoms with Crippen LogP contribution in [-0.4, -0.2) is 98.4 Å². The maximum absolute atomic E-state index is 14.4. The fourth-order valence-electron chi connectivity index (χ4n) is 9.87. The van der Waals surface area contributed by atoms with Crippen molar-refractivity contribution in [2.45, 2.75) is 110 Å². The van der Waals surface area contributed by atoms with Crippen molar-refractivity contribution in [3.8, 4) is 27.6 Å². The van der Waals surface area contributed by atoms with E-state index in [9.17, 15) is 19.5 Å². The number of carbonyl (C=O) groups excluding carboxylic acids is 3. The van der Waals surface area contributed by atoms with Gasteiger partial charge in [-0.3, -0.25) is 28.6 Å². The van der Waals surface area contributed by atoms with E-state index in [0.717, 1.165) is 61.4 Å². The number of aromatic nitrogens is 7. The molecule has 1 aliphatic carbocycles. The van der Waals surface area contributed by atoms with Crippen LogP contribution < -0.4 is 15.4 Å². The normalized spacial score (nSPS) is 19.9. The number of rotatable bonds is 14. The molecule has 3 amide bonds. The minimum absolute atomic E-state index is 0.0546. The number of hydrogen-bond acceptors (Lipinski definition) is 11. The van der Waals surface area contributed by atoms with Crippen molar-refractivity contribution >= 4 is 46.4 Å². The lowest BCUT2D eigenvalue weighted by Gasteiger charge is -2.36. The number of benzene rings is 3. The summed E-state index contributed by atoms with van der Waals surface area (Å²) in [6, 6.07) is 21.1. The highest BCUT2D eigenvalue weighted by Gasteiger charge is 2.43. The number of aliphatic imine (C=N–C) groups is 1. The number of nitrogens with one attached hydrogen (secondary N) is 2. The third-order valence-electron chi connectivity index (χ3n) is 13.8. The lowest BCUT2D eigenvalue weighted by Crippen LogP contribution is -2.49. The molecule has 71 heavy (non-hydrogen) atoms. The molecule has 0 spiro atoms. The van der Waals surface area contributed by atoms with Gasteiger partial charge in [0.15, 0.2) is 5.82 Å². The smallest absolute Gasteiger partial charge is 0.248 e. The van der Waals surface area contributed by atoms with Crippen LogP contribution in [0.5, 0.6) is 5.75 Å². The summed E-state index contributed by atoms with van der Waals surface area (Å²) in [5.74, 6) is 2.03. The quantitative estimate of drug-likeness (QED) is 0.0980. The summed E-state index contributed by atoms with van der Waals surface area (Å²) in [6.45, 7) is 12.3. The van der Waals surface area contributed by atoms with E-state index in [2.05, 4.69) is 44.8 Å². The summed E-state index contributed by atoms with van der Waals surface area (Å²) < 4.78 is 12.1. The Hall–Kier alpha value is -6.95. The van der Waals surface area contributed by atoms with Crippen LogP contribution in [0.4, 0.5) is 0 Å². The number of likely N-dealkylation sites (tertiary alicyclic amines) is 1. The van der Waals surface area contributed by atoms with Crippen molar-refractivity contribution in [3.63, 3.8) is 0 Å². The number of hydrogen-bond donors (Lipinski definition) is 3. The first-order valence-corrected chi connectivity index (χ1v) is 25.2. The van der Waals surface area contributed by atoms with Gasteiger partial charge in [0, 0.05) is 89.3 Å². The van der Waals surface area contributed by atoms with E-state index in [1.165, 1.54) is 9.78 Å². The van der Waals surface area contributed by atoms with Crippen molar-refractivity contribution in [1.29, 1.82) is 0 Å². The van der Waals surface area contributed by atoms with E-state index in [0.29, 0.717) is 29.4 Å². The number of β-amino-alcohol motifs (C(OH)–C–C–N with tert-alkyl or cyclic N) is 1. The Morgan fingerprint density at radius 3 is 2.44 bits per heavy atom. The highest BCUT2D eigenvalue weighted by atomic mass is 35.5. The molecule has 0 radical (unpaired) electrons. The molecular weight excluding hydrogens is 938 g/mol. The van der Waals surface area contributed by atoms with Crippen molar-refractivity contribution in [2.75, 3.05) is 6.54 Å². The Balaban J connectivity index is 0.757. The average molecular weight is 995 g/mol. The SMILES string of the molecule is Cc1sc2c(c1C)C(c1ccc(Cl)cc1)=N[C@@H](CC(=O)NC1CC(Oc3cccc(-c4cnn([C@@H](C(=O)N5C[C@H](O)C[C@H]5C(=O)NCc5ccc(-n6ccnc6C)cc5)C(C)C)c4)c3)C1)c1nnc(C)n1-2. The van der Waals surface area contributed by atoms with Gasteiger partial charge in [0.2, 0.25) is 17.7 Å². The van der Waals surface area contributed by atoms with E-state index < -0.39 is 24.2 Å². The van der Waals surface area contributed by atoms with E-state index in [1.54, 1.807) is 28.4 Å². The van der Waals surface area contributed by atoms with Gasteiger partial charge < -0.3 is 29.9 Å². The van der Waals surface area contributed by atoms with Crippen LogP contribution in [0.1, 0.15) is 96.2 Å². The topological polar surface area (TPSA) is 187 Å². The van der Waals surface area contributed by atoms with Crippen molar-refractivity contribution in [2.24, 2.45) is 10.9 Å². The van der Waals surface area contributed by atoms with Gasteiger partial charge in [-0.15, -0.1) is 21.5 Å². The van der Waals surface area contributed by atoms with E-state index in [1.807, 2.05) is 122 Å². The standard InChI is InChI=1S/C53H56ClN11O5S/c1-29(2)49(52(69)63-28-41(66)23-45(63)51(68)56-25-34-10-16-40(17-11-34)62-19-18-55-32(62)5)64-27-37(26-57-64)36-8-7-9-42(20-36)70-43-21-39(22-43)58-46(67)24-44-50-61-60-33(6)65(50)53-47(30(3)31(4)71-53)48(59-44)35-12-14-38(54)15-13-35/h7-20,26-27,29,39,41,43-45,49,66H,21-25,28H2,1-6H3,(H,56,68)(H,58,67)/t39?,41-,43?,44+,45+,49-/m1/s1. The van der Waals surface area contributed by atoms with Gasteiger partial charge in [-0.05, 0) is 86.7 Å². The summed E-state index contributed by atoms with van der Waals surface area (Å²) in [6.07, 6.45) is 7.82. The molecule has 1 saturated heterocycles. The number of thiophene rings is 1. The number of aliphatic hydroxyl groups is 1. The summed E-state index contributed by atoms with van der Waals surface area (Å²) in [4.78, 5) is 53.9. The third kappa shape index (κ3) is 9.65. The second-order valence-electron chi connectivity index (χ2n) is 19.1. The molecule has 366 valence electrons. The molecule has 2 fully saturated rings. The Labute approximate surface area is 420 Å².